The SMILES string of the molecule is COc1ccc(C(O)Cc2ccoc2)cc1OC(F)F. The molecule has 2 rings (SSSR count). The molecule has 2 aromatic rings. The molecule has 0 bridgehead atoms. The van der Waals surface area contributed by atoms with Gasteiger partial charge in [0.25, 0.3) is 0 Å². The van der Waals surface area contributed by atoms with Crippen LogP contribution < -0.4 is 9.47 Å². The highest BCUT2D eigenvalue weighted by atomic mass is 19.3. The molecule has 0 saturated carbocycles. The topological polar surface area (TPSA) is 51.8 Å². The average Bonchev–Trinajstić information content (AvgIpc) is 2.90. The molecular weight excluding hydrogens is 270 g/mol. The Morgan fingerprint density at radius 2 is 2.05 bits per heavy atom. The van der Waals surface area contributed by atoms with E-state index in [4.69, 9.17) is 9.15 Å². The molecular formula is C14H14F2O4. The van der Waals surface area contributed by atoms with Gasteiger partial charge in [-0.05, 0) is 29.3 Å². The smallest absolute Gasteiger partial charge is 0.387 e. The number of ether oxygens (including phenoxy) is 2. The van der Waals surface area contributed by atoms with Crippen molar-refractivity contribution in [3.63, 3.8) is 0 Å². The van der Waals surface area contributed by atoms with Crippen molar-refractivity contribution in [3.05, 3.63) is 47.9 Å². The van der Waals surface area contributed by atoms with E-state index in [-0.39, 0.29) is 11.5 Å². The Balaban J connectivity index is 2.18. The molecule has 1 atom stereocenters. The molecule has 0 spiro atoms. The Morgan fingerprint density at radius 3 is 2.65 bits per heavy atom. The minimum Gasteiger partial charge on any atom is -0.493 e. The Kier molecular flexibility index (Phi) is 4.57. The molecule has 0 aliphatic heterocycles. The summed E-state index contributed by atoms with van der Waals surface area (Å²) in [6, 6.07) is 6.15. The largest absolute Gasteiger partial charge is 0.493 e. The zero-order valence-corrected chi connectivity index (χ0v) is 10.8. The number of benzene rings is 1. The van der Waals surface area contributed by atoms with Gasteiger partial charge in [0.15, 0.2) is 11.5 Å². The first kappa shape index (κ1) is 14.3. The van der Waals surface area contributed by atoms with Crippen LogP contribution in [-0.2, 0) is 6.42 Å². The van der Waals surface area contributed by atoms with Crippen molar-refractivity contribution in [2.24, 2.45) is 0 Å². The lowest BCUT2D eigenvalue weighted by molar-refractivity contribution is -0.0513. The van der Waals surface area contributed by atoms with Crippen LogP contribution in [0, 0.1) is 0 Å². The summed E-state index contributed by atoms with van der Waals surface area (Å²) in [4.78, 5) is 0. The quantitative estimate of drug-likeness (QED) is 0.885. The van der Waals surface area contributed by atoms with Gasteiger partial charge in [0.2, 0.25) is 0 Å². The van der Waals surface area contributed by atoms with Crippen LogP contribution in [-0.4, -0.2) is 18.8 Å². The van der Waals surface area contributed by atoms with E-state index in [2.05, 4.69) is 4.74 Å². The zero-order valence-electron chi connectivity index (χ0n) is 10.8. The van der Waals surface area contributed by atoms with Crippen molar-refractivity contribution in [1.82, 2.24) is 0 Å². The number of alkyl halides is 2. The predicted molar refractivity (Wildman–Crippen MR) is 67.0 cm³/mol. The first-order chi connectivity index (χ1) is 9.60. The normalized spacial score (nSPS) is 12.4. The van der Waals surface area contributed by atoms with Crippen LogP contribution in [0.3, 0.4) is 0 Å². The van der Waals surface area contributed by atoms with E-state index in [1.54, 1.807) is 12.1 Å². The van der Waals surface area contributed by atoms with Gasteiger partial charge in [-0.1, -0.05) is 6.07 Å². The van der Waals surface area contributed by atoms with Crippen molar-refractivity contribution < 1.29 is 27.8 Å². The van der Waals surface area contributed by atoms with Gasteiger partial charge >= 0.3 is 6.61 Å². The molecule has 4 nitrogen and oxygen atoms in total. The maximum absolute atomic E-state index is 12.3. The first-order valence-corrected chi connectivity index (χ1v) is 5.92. The summed E-state index contributed by atoms with van der Waals surface area (Å²) >= 11 is 0. The van der Waals surface area contributed by atoms with Crippen molar-refractivity contribution in [2.45, 2.75) is 19.1 Å². The van der Waals surface area contributed by atoms with Crippen LogP contribution in [0.4, 0.5) is 8.78 Å². The monoisotopic (exact) mass is 284 g/mol. The molecule has 1 aromatic heterocycles. The summed E-state index contributed by atoms with van der Waals surface area (Å²) in [6.45, 7) is -2.95. The van der Waals surface area contributed by atoms with Gasteiger partial charge < -0.3 is 19.0 Å². The summed E-state index contributed by atoms with van der Waals surface area (Å²) in [7, 11) is 1.36. The van der Waals surface area contributed by atoms with Crippen LogP contribution in [0.15, 0.2) is 41.2 Å². The molecule has 0 aliphatic rings. The molecule has 1 heterocycles. The standard InChI is InChI=1S/C14H14F2O4/c1-18-12-3-2-10(7-13(12)20-14(15)16)11(17)6-9-4-5-19-8-9/h2-5,7-8,11,14,17H,6H2,1H3. The molecule has 1 aromatic carbocycles. The van der Waals surface area contributed by atoms with Gasteiger partial charge in [-0.25, -0.2) is 0 Å². The maximum atomic E-state index is 12.3. The Bertz CT molecular complexity index is 540. The number of rotatable bonds is 6. The van der Waals surface area contributed by atoms with Crippen LogP contribution in [0.25, 0.3) is 0 Å². The summed E-state index contributed by atoms with van der Waals surface area (Å²) in [5.74, 6) is 0.0794. The summed E-state index contributed by atoms with van der Waals surface area (Å²) in [5.41, 5.74) is 1.27. The van der Waals surface area contributed by atoms with Crippen LogP contribution >= 0.6 is 0 Å². The average molecular weight is 284 g/mol. The minimum atomic E-state index is -2.95. The van der Waals surface area contributed by atoms with Crippen molar-refractivity contribution in [3.8, 4) is 11.5 Å². The zero-order chi connectivity index (χ0) is 14.5. The number of hydrogen-bond acceptors (Lipinski definition) is 4. The van der Waals surface area contributed by atoms with Gasteiger partial charge in [-0.2, -0.15) is 8.78 Å². The van der Waals surface area contributed by atoms with Crippen LogP contribution in [0.1, 0.15) is 17.2 Å². The molecule has 1 N–H and O–H groups in total. The summed E-state index contributed by atoms with van der Waals surface area (Å²) < 4.78 is 38.9. The lowest BCUT2D eigenvalue weighted by Gasteiger charge is -2.14. The van der Waals surface area contributed by atoms with Gasteiger partial charge in [0, 0.05) is 6.42 Å². The number of hydrogen-bond donors (Lipinski definition) is 1. The van der Waals surface area contributed by atoms with E-state index in [0.29, 0.717) is 12.0 Å². The molecule has 1 unspecified atom stereocenters. The number of aliphatic hydroxyl groups excluding tert-OH is 1. The van der Waals surface area contributed by atoms with Crippen LogP contribution in [0.2, 0.25) is 0 Å². The third kappa shape index (κ3) is 3.48. The molecule has 20 heavy (non-hydrogen) atoms. The minimum absolute atomic E-state index is 0.105. The van der Waals surface area contributed by atoms with Crippen molar-refractivity contribution in [2.75, 3.05) is 7.11 Å². The molecule has 0 aliphatic carbocycles. The van der Waals surface area contributed by atoms with E-state index >= 15 is 0 Å². The highest BCUT2D eigenvalue weighted by molar-refractivity contribution is 5.43. The molecule has 108 valence electrons. The van der Waals surface area contributed by atoms with E-state index < -0.39 is 12.7 Å². The number of methoxy groups -OCH3 is 1. The highest BCUT2D eigenvalue weighted by Gasteiger charge is 2.15. The second kappa shape index (κ2) is 6.38. The van der Waals surface area contributed by atoms with Crippen LogP contribution in [0.5, 0.6) is 11.5 Å². The Hall–Kier alpha value is -2.08. The second-order valence-corrected chi connectivity index (χ2v) is 4.14. The van der Waals surface area contributed by atoms with E-state index in [1.165, 1.54) is 31.8 Å². The fourth-order valence-corrected chi connectivity index (χ4v) is 1.84. The number of halogens is 2. The molecule has 6 heteroatoms. The lowest BCUT2D eigenvalue weighted by atomic mass is 10.0. The first-order valence-electron chi connectivity index (χ1n) is 5.92. The molecule has 0 amide bonds. The second-order valence-electron chi connectivity index (χ2n) is 4.14. The Morgan fingerprint density at radius 1 is 1.25 bits per heavy atom. The number of furan rings is 1. The molecule has 0 fully saturated rings. The van der Waals surface area contributed by atoms with E-state index in [9.17, 15) is 13.9 Å². The molecule has 0 saturated heterocycles. The van der Waals surface area contributed by atoms with E-state index in [0.717, 1.165) is 5.56 Å². The van der Waals surface area contributed by atoms with Gasteiger partial charge in [0.05, 0.1) is 25.7 Å². The fraction of sp³-hybridized carbons (Fsp3) is 0.286. The third-order valence-corrected chi connectivity index (χ3v) is 2.80. The predicted octanol–water partition coefficient (Wildman–Crippen LogP) is 3.17. The van der Waals surface area contributed by atoms with Crippen molar-refractivity contribution >= 4 is 0 Å². The molecule has 0 radical (unpaired) electrons. The summed E-state index contributed by atoms with van der Waals surface area (Å²) in [6.07, 6.45) is 2.49. The fourth-order valence-electron chi connectivity index (χ4n) is 1.84. The van der Waals surface area contributed by atoms with Gasteiger partial charge in [-0.15, -0.1) is 0 Å². The number of aliphatic hydroxyl groups is 1. The van der Waals surface area contributed by atoms with E-state index in [1.807, 2.05) is 0 Å². The lowest BCUT2D eigenvalue weighted by Crippen LogP contribution is -2.06. The summed E-state index contributed by atoms with van der Waals surface area (Å²) in [5, 5.41) is 10.1. The van der Waals surface area contributed by atoms with Gasteiger partial charge in [0.1, 0.15) is 0 Å². The van der Waals surface area contributed by atoms with Crippen molar-refractivity contribution in [1.29, 1.82) is 0 Å². The third-order valence-electron chi connectivity index (χ3n) is 2.80. The maximum Gasteiger partial charge on any atom is 0.387 e. The Labute approximate surface area is 114 Å². The van der Waals surface area contributed by atoms with Gasteiger partial charge in [-0.3, -0.25) is 0 Å². The highest BCUT2D eigenvalue weighted by Crippen LogP contribution is 2.32.